The molecule has 0 saturated carbocycles. The van der Waals surface area contributed by atoms with Gasteiger partial charge in [0.15, 0.2) is 0 Å². The molecule has 1 aromatic carbocycles. The van der Waals surface area contributed by atoms with Gasteiger partial charge in [0, 0.05) is 10.6 Å². The summed E-state index contributed by atoms with van der Waals surface area (Å²) in [6.45, 7) is 1.89. The van der Waals surface area contributed by atoms with Gasteiger partial charge in [-0.1, -0.05) is 17.7 Å². The Morgan fingerprint density at radius 2 is 2.12 bits per heavy atom. The van der Waals surface area contributed by atoms with Crippen molar-refractivity contribution < 1.29 is 9.53 Å². The van der Waals surface area contributed by atoms with Crippen LogP contribution in [0, 0.1) is 6.92 Å². The van der Waals surface area contributed by atoms with Gasteiger partial charge in [-0.05, 0) is 36.1 Å². The van der Waals surface area contributed by atoms with Crippen molar-refractivity contribution in [2.75, 3.05) is 7.11 Å². The summed E-state index contributed by atoms with van der Waals surface area (Å²) in [5, 5.41) is 2.40. The molecule has 0 fully saturated rings. The summed E-state index contributed by atoms with van der Waals surface area (Å²) in [5.74, 6) is 0.566. The van der Waals surface area contributed by atoms with Crippen LogP contribution in [0.15, 0.2) is 29.6 Å². The molecule has 1 aromatic heterocycles. The zero-order valence-corrected chi connectivity index (χ0v) is 11.1. The van der Waals surface area contributed by atoms with Gasteiger partial charge in [-0.3, -0.25) is 4.79 Å². The van der Waals surface area contributed by atoms with Crippen molar-refractivity contribution in [3.8, 4) is 5.75 Å². The second-order valence-corrected chi connectivity index (χ2v) is 4.96. The highest BCUT2D eigenvalue weighted by atomic mass is 35.5. The highest BCUT2D eigenvalue weighted by Crippen LogP contribution is 2.29. The van der Waals surface area contributed by atoms with Crippen molar-refractivity contribution >= 4 is 28.7 Å². The normalized spacial score (nSPS) is 10.3. The van der Waals surface area contributed by atoms with Gasteiger partial charge < -0.3 is 4.74 Å². The molecular formula is C13H11ClO2S. The highest BCUT2D eigenvalue weighted by Gasteiger charge is 2.17. The monoisotopic (exact) mass is 266 g/mol. The highest BCUT2D eigenvalue weighted by molar-refractivity contribution is 7.12. The molecule has 0 amide bonds. The van der Waals surface area contributed by atoms with E-state index in [2.05, 4.69) is 0 Å². The Bertz CT molecular complexity index is 560. The molecule has 0 spiro atoms. The van der Waals surface area contributed by atoms with Crippen LogP contribution in [0.25, 0.3) is 0 Å². The number of aryl methyl sites for hydroxylation is 1. The summed E-state index contributed by atoms with van der Waals surface area (Å²) in [4.78, 5) is 12.9. The molecule has 0 N–H and O–H groups in total. The first-order chi connectivity index (χ1) is 8.13. The van der Waals surface area contributed by atoms with Crippen LogP contribution in [0.3, 0.4) is 0 Å². The molecule has 2 nitrogen and oxygen atoms in total. The lowest BCUT2D eigenvalue weighted by Crippen LogP contribution is -2.03. The summed E-state index contributed by atoms with van der Waals surface area (Å²) < 4.78 is 5.15. The second kappa shape index (κ2) is 4.90. The topological polar surface area (TPSA) is 26.3 Å². The van der Waals surface area contributed by atoms with Gasteiger partial charge >= 0.3 is 0 Å². The molecule has 0 aliphatic carbocycles. The Labute approximate surface area is 109 Å². The summed E-state index contributed by atoms with van der Waals surface area (Å²) in [6, 6.07) is 7.10. The maximum atomic E-state index is 12.3. The predicted octanol–water partition coefficient (Wildman–Crippen LogP) is 3.95. The molecule has 2 aromatic rings. The molecule has 0 aliphatic rings. The lowest BCUT2D eigenvalue weighted by atomic mass is 10.0. The van der Waals surface area contributed by atoms with E-state index in [1.54, 1.807) is 25.3 Å². The second-order valence-electron chi connectivity index (χ2n) is 3.61. The molecule has 0 unspecified atom stereocenters. The minimum absolute atomic E-state index is 0.0446. The van der Waals surface area contributed by atoms with Crippen LogP contribution >= 0.6 is 22.9 Å². The van der Waals surface area contributed by atoms with Gasteiger partial charge in [-0.15, -0.1) is 11.3 Å². The average molecular weight is 267 g/mol. The summed E-state index contributed by atoms with van der Waals surface area (Å²) >= 11 is 7.29. The van der Waals surface area contributed by atoms with Gasteiger partial charge in [0.05, 0.1) is 7.11 Å². The van der Waals surface area contributed by atoms with Crippen molar-refractivity contribution in [2.45, 2.75) is 6.92 Å². The fourth-order valence-electron chi connectivity index (χ4n) is 1.58. The number of carbonyl (C=O) groups is 1. The first-order valence-corrected chi connectivity index (χ1v) is 6.31. The number of ketones is 1. The van der Waals surface area contributed by atoms with Gasteiger partial charge in [0.2, 0.25) is 5.78 Å². The Morgan fingerprint density at radius 3 is 2.82 bits per heavy atom. The van der Waals surface area contributed by atoms with E-state index in [0.29, 0.717) is 21.2 Å². The zero-order valence-electron chi connectivity index (χ0n) is 9.49. The van der Waals surface area contributed by atoms with Crippen molar-refractivity contribution in [1.82, 2.24) is 0 Å². The molecule has 0 aliphatic heterocycles. The molecule has 4 heteroatoms. The molecule has 0 bridgehead atoms. The molecular weight excluding hydrogens is 256 g/mol. The molecule has 2 rings (SSSR count). The van der Waals surface area contributed by atoms with Crippen LogP contribution in [0.5, 0.6) is 5.75 Å². The Hall–Kier alpha value is -1.32. The number of carbonyl (C=O) groups excluding carboxylic acids is 1. The molecule has 17 heavy (non-hydrogen) atoms. The molecule has 88 valence electrons. The van der Waals surface area contributed by atoms with E-state index in [9.17, 15) is 4.79 Å². The maximum absolute atomic E-state index is 12.3. The van der Waals surface area contributed by atoms with Crippen molar-refractivity contribution in [2.24, 2.45) is 0 Å². The van der Waals surface area contributed by atoms with Crippen LogP contribution in [-0.4, -0.2) is 12.9 Å². The van der Waals surface area contributed by atoms with Gasteiger partial charge in [-0.2, -0.15) is 0 Å². The van der Waals surface area contributed by atoms with E-state index in [1.165, 1.54) is 11.3 Å². The maximum Gasteiger partial charge on any atom is 0.207 e. The van der Waals surface area contributed by atoms with E-state index < -0.39 is 0 Å². The van der Waals surface area contributed by atoms with Crippen LogP contribution in [0.2, 0.25) is 5.02 Å². The minimum atomic E-state index is -0.0446. The molecule has 0 radical (unpaired) electrons. The number of ether oxygens (including phenoxy) is 1. The number of methoxy groups -OCH3 is 1. The molecule has 1 heterocycles. The molecule has 0 atom stereocenters. The molecule has 0 saturated heterocycles. The van der Waals surface area contributed by atoms with Gasteiger partial charge in [0.1, 0.15) is 10.6 Å². The first kappa shape index (κ1) is 12.1. The fourth-order valence-corrected chi connectivity index (χ4v) is 2.57. The number of hydrogen-bond acceptors (Lipinski definition) is 3. The number of rotatable bonds is 3. The van der Waals surface area contributed by atoms with E-state index in [0.717, 1.165) is 5.56 Å². The third-order valence-corrected chi connectivity index (χ3v) is 3.63. The number of thiophene rings is 1. The van der Waals surface area contributed by atoms with Crippen LogP contribution in [0.4, 0.5) is 0 Å². The fraction of sp³-hybridized carbons (Fsp3) is 0.154. The van der Waals surface area contributed by atoms with E-state index in [4.69, 9.17) is 16.3 Å². The Kier molecular flexibility index (Phi) is 3.50. The third kappa shape index (κ3) is 2.35. The largest absolute Gasteiger partial charge is 0.495 e. The smallest absolute Gasteiger partial charge is 0.207 e. The van der Waals surface area contributed by atoms with E-state index >= 15 is 0 Å². The third-order valence-electron chi connectivity index (χ3n) is 2.50. The zero-order chi connectivity index (χ0) is 12.4. The van der Waals surface area contributed by atoms with Crippen molar-refractivity contribution in [3.63, 3.8) is 0 Å². The lowest BCUT2D eigenvalue weighted by molar-refractivity contribution is 0.103. The van der Waals surface area contributed by atoms with E-state index in [-0.39, 0.29) is 5.78 Å². The first-order valence-electron chi connectivity index (χ1n) is 5.06. The minimum Gasteiger partial charge on any atom is -0.495 e. The Balaban J connectivity index is 2.47. The Morgan fingerprint density at radius 1 is 1.35 bits per heavy atom. The standard InChI is InChI=1S/C13H11ClO2S/c1-8-3-4-9(14)7-10(8)12(15)13-11(16-2)5-6-17-13/h3-7H,1-2H3. The lowest BCUT2D eigenvalue weighted by Gasteiger charge is -2.05. The van der Waals surface area contributed by atoms with Crippen LogP contribution in [-0.2, 0) is 0 Å². The predicted molar refractivity (Wildman–Crippen MR) is 70.5 cm³/mol. The number of hydrogen-bond donors (Lipinski definition) is 0. The quantitative estimate of drug-likeness (QED) is 0.787. The van der Waals surface area contributed by atoms with Crippen molar-refractivity contribution in [1.29, 1.82) is 0 Å². The number of halogens is 1. The summed E-state index contributed by atoms with van der Waals surface area (Å²) in [7, 11) is 1.56. The average Bonchev–Trinajstić information content (AvgIpc) is 2.79. The van der Waals surface area contributed by atoms with Crippen LogP contribution in [0.1, 0.15) is 20.8 Å². The number of benzene rings is 1. The SMILES string of the molecule is COc1ccsc1C(=O)c1cc(Cl)ccc1C. The van der Waals surface area contributed by atoms with E-state index in [1.807, 2.05) is 18.4 Å². The van der Waals surface area contributed by atoms with Crippen molar-refractivity contribution in [3.05, 3.63) is 50.7 Å². The summed E-state index contributed by atoms with van der Waals surface area (Å²) in [5.41, 5.74) is 1.54. The van der Waals surface area contributed by atoms with Gasteiger partial charge in [-0.25, -0.2) is 0 Å². The van der Waals surface area contributed by atoms with Crippen LogP contribution < -0.4 is 4.74 Å². The summed E-state index contributed by atoms with van der Waals surface area (Å²) in [6.07, 6.45) is 0. The van der Waals surface area contributed by atoms with Gasteiger partial charge in [0.25, 0.3) is 0 Å².